The second kappa shape index (κ2) is 10.3. The molecule has 0 aromatic heterocycles. The molecule has 0 spiro atoms. The van der Waals surface area contributed by atoms with Crippen molar-refractivity contribution < 1.29 is 35.5 Å². The zero-order chi connectivity index (χ0) is 6.08. The molecule has 0 N–H and O–H groups in total. The molecule has 2 nitrogen and oxygen atoms in total. The van der Waals surface area contributed by atoms with Gasteiger partial charge in [0, 0.05) is 0 Å². The fourth-order valence-electron chi connectivity index (χ4n) is 0. The van der Waals surface area contributed by atoms with Gasteiger partial charge in [0.05, 0.1) is 0 Å². The summed E-state index contributed by atoms with van der Waals surface area (Å²) in [6.45, 7) is 0. The van der Waals surface area contributed by atoms with E-state index in [1.807, 2.05) is 0 Å². The summed E-state index contributed by atoms with van der Waals surface area (Å²) in [5.74, 6) is -3.01. The van der Waals surface area contributed by atoms with Gasteiger partial charge in [0.25, 0.3) is 0 Å². The maximum Gasteiger partial charge on any atom is 2.00 e. The number of carboxylic acid groups (broad SMARTS) is 1. The molecule has 7 heteroatoms. The molecule has 0 aliphatic carbocycles. The fraction of sp³-hybridized carbons (Fsp3) is 0.750. The zero-order valence-corrected chi connectivity index (χ0v) is 7.44. The number of halogens is 4. The van der Waals surface area contributed by atoms with Gasteiger partial charge in [0.15, 0.2) is 0 Å². The number of hydrogen-bond acceptors (Lipinski definition) is 2. The van der Waals surface area contributed by atoms with Crippen LogP contribution in [0.15, 0.2) is 0 Å². The molecule has 0 aromatic rings. The van der Waals surface area contributed by atoms with E-state index in [1.54, 1.807) is 0 Å². The number of aliphatic carboxylic acids is 1. The van der Waals surface area contributed by atoms with Crippen LogP contribution in [0.2, 0.25) is 0 Å². The number of carboxylic acids is 1. The SMILES string of the molecule is C.C.O=C([O-])C(F)(F)F.[Cl-].[Sn+2]. The van der Waals surface area contributed by atoms with E-state index < -0.39 is 12.1 Å². The Labute approximate surface area is 86.5 Å². The van der Waals surface area contributed by atoms with Crippen molar-refractivity contribution >= 4 is 29.9 Å². The van der Waals surface area contributed by atoms with Crippen LogP contribution in [0.4, 0.5) is 13.2 Å². The van der Waals surface area contributed by atoms with E-state index in [4.69, 9.17) is 9.90 Å². The minimum atomic E-state index is -5.19. The van der Waals surface area contributed by atoms with Gasteiger partial charge in [0.1, 0.15) is 5.97 Å². The van der Waals surface area contributed by atoms with Gasteiger partial charge in [-0.1, -0.05) is 14.9 Å². The van der Waals surface area contributed by atoms with Crippen LogP contribution in [0.3, 0.4) is 0 Å². The van der Waals surface area contributed by atoms with Crippen molar-refractivity contribution in [3.8, 4) is 0 Å². The summed E-state index contributed by atoms with van der Waals surface area (Å²) in [5.41, 5.74) is 0. The van der Waals surface area contributed by atoms with Crippen LogP contribution in [0.1, 0.15) is 14.9 Å². The second-order valence-corrected chi connectivity index (χ2v) is 0.785. The average Bonchev–Trinajstić information content (AvgIpc) is 1.31. The Kier molecular flexibility index (Phi) is 28.4. The van der Waals surface area contributed by atoms with E-state index in [9.17, 15) is 13.2 Å². The third-order valence-electron chi connectivity index (χ3n) is 0.231. The topological polar surface area (TPSA) is 40.1 Å². The summed E-state index contributed by atoms with van der Waals surface area (Å²) < 4.78 is 31.5. The van der Waals surface area contributed by atoms with E-state index in [-0.39, 0.29) is 51.2 Å². The van der Waals surface area contributed by atoms with Crippen LogP contribution in [-0.2, 0) is 4.79 Å². The molecule has 0 aromatic carbocycles. The first-order valence-corrected chi connectivity index (χ1v) is 1.23. The van der Waals surface area contributed by atoms with Crippen LogP contribution in [0.25, 0.3) is 0 Å². The molecule has 0 atom stereocenters. The van der Waals surface area contributed by atoms with Gasteiger partial charge in [-0.2, -0.15) is 13.2 Å². The van der Waals surface area contributed by atoms with Gasteiger partial charge in [0.2, 0.25) is 0 Å². The molecule has 0 unspecified atom stereocenters. The molecule has 0 fully saturated rings. The molecule has 2 radical (unpaired) electrons. The maximum atomic E-state index is 10.5. The molecule has 0 amide bonds. The van der Waals surface area contributed by atoms with Crippen LogP contribution in [0.5, 0.6) is 0 Å². The van der Waals surface area contributed by atoms with Gasteiger partial charge in [-0.3, -0.25) is 0 Å². The minimum absolute atomic E-state index is 0. The molecule has 68 valence electrons. The van der Waals surface area contributed by atoms with E-state index >= 15 is 0 Å². The largest absolute Gasteiger partial charge is 2.00 e. The molecule has 0 bridgehead atoms. The molecule has 0 rings (SSSR count). The summed E-state index contributed by atoms with van der Waals surface area (Å²) in [7, 11) is 0. The Hall–Kier alpha value is 0.349. The maximum absolute atomic E-state index is 10.5. The first-order valence-electron chi connectivity index (χ1n) is 1.23. The summed E-state index contributed by atoms with van der Waals surface area (Å²) in [5, 5.41) is 8.78. The minimum Gasteiger partial charge on any atom is -1.00 e. The van der Waals surface area contributed by atoms with Crippen molar-refractivity contribution in [2.75, 3.05) is 0 Å². The van der Waals surface area contributed by atoms with Gasteiger partial charge in [-0.05, 0) is 0 Å². The van der Waals surface area contributed by atoms with Crippen molar-refractivity contribution in [1.29, 1.82) is 0 Å². The van der Waals surface area contributed by atoms with Crippen LogP contribution >= 0.6 is 0 Å². The summed E-state index contributed by atoms with van der Waals surface area (Å²) in [4.78, 5) is 8.78. The van der Waals surface area contributed by atoms with Crippen molar-refractivity contribution in [1.82, 2.24) is 0 Å². The Balaban J connectivity index is -0.0000000300. The number of rotatable bonds is 0. The van der Waals surface area contributed by atoms with Gasteiger partial charge >= 0.3 is 30.1 Å². The summed E-state index contributed by atoms with van der Waals surface area (Å²) >= 11 is 0. The number of carbonyl (C=O) groups is 1. The normalized spacial score (nSPS) is 7.18. The van der Waals surface area contributed by atoms with Crippen molar-refractivity contribution in [3.63, 3.8) is 0 Å². The van der Waals surface area contributed by atoms with Crippen molar-refractivity contribution in [3.05, 3.63) is 0 Å². The first-order chi connectivity index (χ1) is 2.94. The summed E-state index contributed by atoms with van der Waals surface area (Å²) in [6.07, 6.45) is -5.19. The fourth-order valence-corrected chi connectivity index (χ4v) is 0. The first kappa shape index (κ1) is 30.2. The standard InChI is InChI=1S/C2HF3O2.2CH4.ClH.Sn/c3-2(4,5)1(6)7;;;;/h(H,6,7);2*1H4;1H;/q;;;;+2/p-2. The van der Waals surface area contributed by atoms with Crippen molar-refractivity contribution in [2.24, 2.45) is 0 Å². The third-order valence-corrected chi connectivity index (χ3v) is 0.231. The van der Waals surface area contributed by atoms with Crippen LogP contribution in [-0.4, -0.2) is 36.1 Å². The van der Waals surface area contributed by atoms with Crippen molar-refractivity contribution in [2.45, 2.75) is 21.0 Å². The Morgan fingerprint density at radius 2 is 1.27 bits per heavy atom. The molecule has 0 saturated heterocycles. The number of hydrogen-bond donors (Lipinski definition) is 0. The smallest absolute Gasteiger partial charge is 1.00 e. The van der Waals surface area contributed by atoms with E-state index in [0.29, 0.717) is 0 Å². The molecule has 0 aliphatic rings. The predicted molar refractivity (Wildman–Crippen MR) is 30.3 cm³/mol. The van der Waals surface area contributed by atoms with Gasteiger partial charge < -0.3 is 22.3 Å². The number of alkyl halides is 3. The van der Waals surface area contributed by atoms with Gasteiger partial charge in [-0.15, -0.1) is 0 Å². The quantitative estimate of drug-likeness (QED) is 0.453. The Morgan fingerprint density at radius 3 is 1.27 bits per heavy atom. The molecular formula is C4H8ClF3O2Sn. The van der Waals surface area contributed by atoms with Crippen LogP contribution < -0.4 is 17.5 Å². The molecule has 0 heterocycles. The number of carbonyl (C=O) groups excluding carboxylic acids is 1. The summed E-state index contributed by atoms with van der Waals surface area (Å²) in [6, 6.07) is 0. The Bertz CT molecular complexity index is 95.8. The zero-order valence-electron chi connectivity index (χ0n) is 3.83. The van der Waals surface area contributed by atoms with Gasteiger partial charge in [-0.25, -0.2) is 0 Å². The van der Waals surface area contributed by atoms with E-state index in [1.165, 1.54) is 0 Å². The second-order valence-electron chi connectivity index (χ2n) is 0.785. The molecule has 0 aliphatic heterocycles. The van der Waals surface area contributed by atoms with E-state index in [0.717, 1.165) is 0 Å². The predicted octanol–water partition coefficient (Wildman–Crippen LogP) is -2.81. The van der Waals surface area contributed by atoms with E-state index in [2.05, 4.69) is 0 Å². The Morgan fingerprint density at radius 1 is 1.18 bits per heavy atom. The molecule has 0 saturated carbocycles. The average molecular weight is 299 g/mol. The molecule has 11 heavy (non-hydrogen) atoms. The molecular weight excluding hydrogens is 291 g/mol. The third kappa shape index (κ3) is 17.9. The monoisotopic (exact) mass is 300 g/mol. The van der Waals surface area contributed by atoms with Crippen LogP contribution in [0, 0.1) is 0 Å².